The van der Waals surface area contributed by atoms with Crippen LogP contribution >= 0.6 is 0 Å². The second-order valence-corrected chi connectivity index (χ2v) is 12.2. The molecule has 0 aliphatic heterocycles. The lowest BCUT2D eigenvalue weighted by Gasteiger charge is -2.57. The van der Waals surface area contributed by atoms with E-state index in [4.69, 9.17) is 0 Å². The standard InChI is InChI=1S/C27H44O2/c1-17(2)7-6-8-18(3)21-9-10-22-25-23(12-14-27(21,22)5)26(4)13-11-20(28)15-19(26)16-24(25)29/h16-18,20-23,25,28H,6-15H2,1-5H3/t18?,20-,21+,22-,23?,25-,26-,27+/m0/s1. The van der Waals surface area contributed by atoms with E-state index in [2.05, 4.69) is 34.6 Å². The highest BCUT2D eigenvalue weighted by Crippen LogP contribution is 2.66. The fourth-order valence-corrected chi connectivity index (χ4v) is 8.41. The Labute approximate surface area is 178 Å². The Hall–Kier alpha value is -0.630. The van der Waals surface area contributed by atoms with Crippen molar-refractivity contribution in [3.63, 3.8) is 0 Å². The zero-order chi connectivity index (χ0) is 21.0. The second-order valence-electron chi connectivity index (χ2n) is 12.2. The third-order valence-electron chi connectivity index (χ3n) is 10.1. The summed E-state index contributed by atoms with van der Waals surface area (Å²) in [5, 5.41) is 10.2. The Morgan fingerprint density at radius 3 is 2.52 bits per heavy atom. The van der Waals surface area contributed by atoms with E-state index in [1.165, 1.54) is 50.5 Å². The molecule has 4 aliphatic carbocycles. The monoisotopic (exact) mass is 400 g/mol. The molecule has 4 rings (SSSR count). The lowest BCUT2D eigenvalue weighted by atomic mass is 9.46. The Bertz CT molecular complexity index is 663. The molecular formula is C27H44O2. The van der Waals surface area contributed by atoms with Crippen molar-refractivity contribution in [3.05, 3.63) is 11.6 Å². The van der Waals surface area contributed by atoms with E-state index in [1.807, 2.05) is 6.08 Å². The number of hydrogen-bond acceptors (Lipinski definition) is 2. The third kappa shape index (κ3) is 3.56. The number of aliphatic hydroxyl groups excluding tert-OH is 1. The molecule has 0 spiro atoms. The lowest BCUT2D eigenvalue weighted by molar-refractivity contribution is -0.135. The molecule has 0 aromatic heterocycles. The number of rotatable bonds is 5. The molecule has 0 amide bonds. The molecule has 0 bridgehead atoms. The number of carbonyl (C=O) groups is 1. The van der Waals surface area contributed by atoms with Crippen LogP contribution in [0.15, 0.2) is 11.6 Å². The summed E-state index contributed by atoms with van der Waals surface area (Å²) in [6.07, 6.45) is 13.6. The third-order valence-corrected chi connectivity index (χ3v) is 10.1. The van der Waals surface area contributed by atoms with Gasteiger partial charge in [0, 0.05) is 5.92 Å². The fraction of sp³-hybridized carbons (Fsp3) is 0.889. The largest absolute Gasteiger partial charge is 0.393 e. The Kier molecular flexibility index (Phi) is 5.82. The first-order valence-electron chi connectivity index (χ1n) is 12.6. The normalized spacial score (nSPS) is 45.4. The van der Waals surface area contributed by atoms with Crippen molar-refractivity contribution < 1.29 is 9.90 Å². The maximum atomic E-state index is 13.4. The van der Waals surface area contributed by atoms with Crippen molar-refractivity contribution >= 4 is 5.78 Å². The molecule has 3 fully saturated rings. The number of aliphatic hydroxyl groups is 1. The molecule has 2 unspecified atom stereocenters. The summed E-state index contributed by atoms with van der Waals surface area (Å²) in [5.41, 5.74) is 1.77. The van der Waals surface area contributed by atoms with Gasteiger partial charge in [0.15, 0.2) is 5.78 Å². The minimum atomic E-state index is -0.241. The highest BCUT2D eigenvalue weighted by molar-refractivity contribution is 5.94. The number of ketones is 1. The number of allylic oxidation sites excluding steroid dienone is 1. The van der Waals surface area contributed by atoms with Crippen LogP contribution in [0.2, 0.25) is 0 Å². The van der Waals surface area contributed by atoms with Gasteiger partial charge in [-0.1, -0.05) is 59.5 Å². The van der Waals surface area contributed by atoms with E-state index in [-0.39, 0.29) is 17.4 Å². The van der Waals surface area contributed by atoms with Crippen molar-refractivity contribution in [2.45, 2.75) is 105 Å². The molecule has 0 aromatic carbocycles. The lowest BCUT2D eigenvalue weighted by Crippen LogP contribution is -2.53. The number of carbonyl (C=O) groups excluding carboxylic acids is 1. The summed E-state index contributed by atoms with van der Waals surface area (Å²) in [7, 11) is 0. The molecule has 2 heteroatoms. The van der Waals surface area contributed by atoms with Crippen molar-refractivity contribution in [1.82, 2.24) is 0 Å². The van der Waals surface area contributed by atoms with E-state index in [1.54, 1.807) is 0 Å². The van der Waals surface area contributed by atoms with E-state index in [0.29, 0.717) is 23.0 Å². The maximum absolute atomic E-state index is 13.4. The molecule has 0 radical (unpaired) electrons. The minimum absolute atomic E-state index is 0.153. The van der Waals surface area contributed by atoms with Crippen LogP contribution < -0.4 is 0 Å². The van der Waals surface area contributed by atoms with Gasteiger partial charge < -0.3 is 5.11 Å². The van der Waals surface area contributed by atoms with E-state index in [9.17, 15) is 9.90 Å². The van der Waals surface area contributed by atoms with Gasteiger partial charge >= 0.3 is 0 Å². The van der Waals surface area contributed by atoms with Gasteiger partial charge in [-0.15, -0.1) is 0 Å². The average molecular weight is 401 g/mol. The van der Waals surface area contributed by atoms with E-state index < -0.39 is 0 Å². The van der Waals surface area contributed by atoms with Gasteiger partial charge in [0.25, 0.3) is 0 Å². The highest BCUT2D eigenvalue weighted by atomic mass is 16.3. The topological polar surface area (TPSA) is 37.3 Å². The summed E-state index contributed by atoms with van der Waals surface area (Å²) < 4.78 is 0. The van der Waals surface area contributed by atoms with Crippen LogP contribution in [-0.4, -0.2) is 17.0 Å². The van der Waals surface area contributed by atoms with Gasteiger partial charge in [-0.05, 0) is 91.4 Å². The summed E-state index contributed by atoms with van der Waals surface area (Å²) in [6.45, 7) is 12.1. The molecule has 0 heterocycles. The Morgan fingerprint density at radius 2 is 1.79 bits per heavy atom. The number of hydrogen-bond donors (Lipinski definition) is 1. The average Bonchev–Trinajstić information content (AvgIpc) is 3.00. The first kappa shape index (κ1) is 21.6. The maximum Gasteiger partial charge on any atom is 0.159 e. The van der Waals surface area contributed by atoms with Crippen molar-refractivity contribution in [1.29, 1.82) is 0 Å². The van der Waals surface area contributed by atoms with Crippen LogP contribution in [0, 0.1) is 46.3 Å². The van der Waals surface area contributed by atoms with Crippen molar-refractivity contribution in [2.75, 3.05) is 0 Å². The smallest absolute Gasteiger partial charge is 0.159 e. The molecule has 0 aromatic rings. The molecule has 2 nitrogen and oxygen atoms in total. The summed E-state index contributed by atoms with van der Waals surface area (Å²) in [5.74, 6) is 4.11. The first-order chi connectivity index (χ1) is 13.7. The Morgan fingerprint density at radius 1 is 1.03 bits per heavy atom. The van der Waals surface area contributed by atoms with Crippen LogP contribution in [0.25, 0.3) is 0 Å². The van der Waals surface area contributed by atoms with Crippen LogP contribution in [-0.2, 0) is 4.79 Å². The van der Waals surface area contributed by atoms with E-state index in [0.717, 1.165) is 37.0 Å². The minimum Gasteiger partial charge on any atom is -0.393 e. The fourth-order valence-electron chi connectivity index (χ4n) is 8.41. The van der Waals surface area contributed by atoms with Gasteiger partial charge in [0.1, 0.15) is 0 Å². The van der Waals surface area contributed by atoms with Gasteiger partial charge in [-0.3, -0.25) is 4.79 Å². The quantitative estimate of drug-likeness (QED) is 0.567. The summed E-state index contributed by atoms with van der Waals surface area (Å²) >= 11 is 0. The van der Waals surface area contributed by atoms with Crippen LogP contribution in [0.1, 0.15) is 98.8 Å². The highest BCUT2D eigenvalue weighted by Gasteiger charge is 2.61. The molecule has 164 valence electrons. The van der Waals surface area contributed by atoms with Crippen LogP contribution in [0.5, 0.6) is 0 Å². The molecule has 1 N–H and O–H groups in total. The second kappa shape index (κ2) is 7.81. The molecule has 4 aliphatic rings. The predicted octanol–water partition coefficient (Wildman–Crippen LogP) is 6.57. The summed E-state index contributed by atoms with van der Waals surface area (Å²) in [6, 6.07) is 0. The van der Waals surface area contributed by atoms with Crippen LogP contribution in [0.3, 0.4) is 0 Å². The van der Waals surface area contributed by atoms with Gasteiger partial charge in [-0.2, -0.15) is 0 Å². The number of fused-ring (bicyclic) bond motifs is 5. The van der Waals surface area contributed by atoms with Crippen LogP contribution in [0.4, 0.5) is 0 Å². The molecule has 8 atom stereocenters. The summed E-state index contributed by atoms with van der Waals surface area (Å²) in [4.78, 5) is 13.4. The van der Waals surface area contributed by atoms with Gasteiger partial charge in [0.2, 0.25) is 0 Å². The van der Waals surface area contributed by atoms with Crippen molar-refractivity contribution in [2.24, 2.45) is 46.3 Å². The molecule has 29 heavy (non-hydrogen) atoms. The zero-order valence-electron chi connectivity index (χ0n) is 19.5. The molecular weight excluding hydrogens is 356 g/mol. The SMILES string of the molecule is CC(C)CCCC(C)[C@H]1CC[C@H]2[C@@H]3C(=O)C=C4C[C@@H](O)CC[C@]4(C)C3CC[C@]12C. The zero-order valence-corrected chi connectivity index (χ0v) is 19.5. The van der Waals surface area contributed by atoms with Gasteiger partial charge in [-0.25, -0.2) is 0 Å². The predicted molar refractivity (Wildman–Crippen MR) is 119 cm³/mol. The first-order valence-corrected chi connectivity index (χ1v) is 12.6. The van der Waals surface area contributed by atoms with Gasteiger partial charge in [0.05, 0.1) is 6.10 Å². The Balaban J connectivity index is 1.54. The molecule has 3 saturated carbocycles. The van der Waals surface area contributed by atoms with Crippen molar-refractivity contribution in [3.8, 4) is 0 Å². The van der Waals surface area contributed by atoms with E-state index >= 15 is 0 Å². The molecule has 0 saturated heterocycles.